The first-order valence-corrected chi connectivity index (χ1v) is 5.54. The van der Waals surface area contributed by atoms with E-state index < -0.39 is 5.97 Å². The van der Waals surface area contributed by atoms with Crippen LogP contribution in [-0.4, -0.2) is 17.7 Å². The van der Waals surface area contributed by atoms with Crippen LogP contribution >= 0.6 is 15.9 Å². The Balaban J connectivity index is 2.85. The minimum absolute atomic E-state index is 0.0739. The Morgan fingerprint density at radius 2 is 2.31 bits per heavy atom. The maximum absolute atomic E-state index is 11.0. The molecule has 0 aliphatic rings. The summed E-state index contributed by atoms with van der Waals surface area (Å²) in [6.07, 6.45) is 0. The third-order valence-corrected chi connectivity index (χ3v) is 2.57. The van der Waals surface area contributed by atoms with E-state index in [-0.39, 0.29) is 6.61 Å². The Morgan fingerprint density at radius 3 is 2.94 bits per heavy atom. The minimum Gasteiger partial charge on any atom is -0.456 e. The van der Waals surface area contributed by atoms with Crippen LogP contribution in [0, 0.1) is 11.8 Å². The van der Waals surface area contributed by atoms with Crippen molar-refractivity contribution in [2.75, 3.05) is 6.61 Å². The lowest BCUT2D eigenvalue weighted by atomic mass is 10.1. The molecule has 0 fully saturated rings. The molecule has 0 bridgehead atoms. The SMILES string of the molecule is CCOC(=O)C#Cc1ccc(Br)c(CO)c1. The first-order chi connectivity index (χ1) is 7.67. The minimum atomic E-state index is -0.545. The average molecular weight is 283 g/mol. The first kappa shape index (κ1) is 12.8. The van der Waals surface area contributed by atoms with Gasteiger partial charge in [0, 0.05) is 16.0 Å². The summed E-state index contributed by atoms with van der Waals surface area (Å²) in [7, 11) is 0. The van der Waals surface area contributed by atoms with Gasteiger partial charge in [-0.1, -0.05) is 21.9 Å². The van der Waals surface area contributed by atoms with Crippen molar-refractivity contribution in [1.82, 2.24) is 0 Å². The molecular weight excluding hydrogens is 272 g/mol. The number of carbonyl (C=O) groups is 1. The highest BCUT2D eigenvalue weighted by molar-refractivity contribution is 9.10. The summed E-state index contributed by atoms with van der Waals surface area (Å²) in [6, 6.07) is 5.26. The number of aliphatic hydroxyl groups is 1. The lowest BCUT2D eigenvalue weighted by Gasteiger charge is -2.00. The second kappa shape index (κ2) is 6.31. The largest absolute Gasteiger partial charge is 0.456 e. The van der Waals surface area contributed by atoms with E-state index in [0.717, 1.165) is 10.0 Å². The van der Waals surface area contributed by atoms with E-state index in [4.69, 9.17) is 5.11 Å². The number of aliphatic hydroxyl groups excluding tert-OH is 1. The Kier molecular flexibility index (Phi) is 5.03. The molecule has 1 aromatic carbocycles. The molecule has 0 unspecified atom stereocenters. The molecule has 0 aromatic heterocycles. The second-order valence-corrected chi connectivity index (χ2v) is 3.79. The van der Waals surface area contributed by atoms with Crippen LogP contribution in [0.15, 0.2) is 22.7 Å². The summed E-state index contributed by atoms with van der Waals surface area (Å²) in [4.78, 5) is 11.0. The van der Waals surface area contributed by atoms with Crippen molar-refractivity contribution in [3.8, 4) is 11.8 Å². The summed E-state index contributed by atoms with van der Waals surface area (Å²) in [5, 5.41) is 9.03. The van der Waals surface area contributed by atoms with E-state index in [1.807, 2.05) is 0 Å². The zero-order valence-electron chi connectivity index (χ0n) is 8.79. The number of rotatable bonds is 2. The standard InChI is InChI=1S/C12H11BrO3/c1-2-16-12(15)6-4-9-3-5-11(13)10(7-9)8-14/h3,5,7,14H,2,8H2,1H3. The van der Waals surface area contributed by atoms with Gasteiger partial charge in [-0.2, -0.15) is 0 Å². The number of halogens is 1. The van der Waals surface area contributed by atoms with Gasteiger partial charge in [-0.15, -0.1) is 0 Å². The van der Waals surface area contributed by atoms with Crippen molar-refractivity contribution in [1.29, 1.82) is 0 Å². The molecule has 3 nitrogen and oxygen atoms in total. The van der Waals surface area contributed by atoms with E-state index in [0.29, 0.717) is 12.2 Å². The van der Waals surface area contributed by atoms with Gasteiger partial charge in [0.2, 0.25) is 0 Å². The Hall–Kier alpha value is -1.31. The van der Waals surface area contributed by atoms with Crippen molar-refractivity contribution in [2.24, 2.45) is 0 Å². The van der Waals surface area contributed by atoms with E-state index in [2.05, 4.69) is 32.5 Å². The van der Waals surface area contributed by atoms with Gasteiger partial charge >= 0.3 is 5.97 Å². The molecule has 84 valence electrons. The fourth-order valence-electron chi connectivity index (χ4n) is 1.06. The van der Waals surface area contributed by atoms with E-state index in [1.165, 1.54) is 0 Å². The van der Waals surface area contributed by atoms with Crippen LogP contribution in [0.5, 0.6) is 0 Å². The van der Waals surface area contributed by atoms with Gasteiger partial charge in [-0.05, 0) is 30.7 Å². The van der Waals surface area contributed by atoms with Crippen LogP contribution in [0.2, 0.25) is 0 Å². The van der Waals surface area contributed by atoms with Crippen molar-refractivity contribution >= 4 is 21.9 Å². The molecule has 0 heterocycles. The molecule has 0 atom stereocenters. The number of esters is 1. The highest BCUT2D eigenvalue weighted by Gasteiger charge is 1.99. The van der Waals surface area contributed by atoms with Crippen LogP contribution in [0.4, 0.5) is 0 Å². The predicted molar refractivity (Wildman–Crippen MR) is 63.6 cm³/mol. The summed E-state index contributed by atoms with van der Waals surface area (Å²) >= 11 is 3.30. The third-order valence-electron chi connectivity index (χ3n) is 1.80. The molecule has 0 aliphatic heterocycles. The predicted octanol–water partition coefficient (Wildman–Crippen LogP) is 1.86. The quantitative estimate of drug-likeness (QED) is 0.665. The van der Waals surface area contributed by atoms with Crippen molar-refractivity contribution in [3.63, 3.8) is 0 Å². The number of ether oxygens (including phenoxy) is 1. The van der Waals surface area contributed by atoms with Gasteiger partial charge in [0.05, 0.1) is 13.2 Å². The lowest BCUT2D eigenvalue weighted by molar-refractivity contribution is -0.136. The molecule has 16 heavy (non-hydrogen) atoms. The number of hydrogen-bond acceptors (Lipinski definition) is 3. The average Bonchev–Trinajstić information content (AvgIpc) is 2.28. The maximum atomic E-state index is 11.0. The fourth-order valence-corrected chi connectivity index (χ4v) is 1.44. The fraction of sp³-hybridized carbons (Fsp3) is 0.250. The normalized spacial score (nSPS) is 9.19. The molecule has 0 aliphatic carbocycles. The van der Waals surface area contributed by atoms with E-state index in [1.54, 1.807) is 25.1 Å². The van der Waals surface area contributed by atoms with Crippen LogP contribution in [-0.2, 0) is 16.1 Å². The van der Waals surface area contributed by atoms with Crippen LogP contribution in [0.3, 0.4) is 0 Å². The maximum Gasteiger partial charge on any atom is 0.384 e. The number of hydrogen-bond donors (Lipinski definition) is 1. The van der Waals surface area contributed by atoms with E-state index >= 15 is 0 Å². The topological polar surface area (TPSA) is 46.5 Å². The molecule has 0 spiro atoms. The molecule has 1 rings (SSSR count). The monoisotopic (exact) mass is 282 g/mol. The molecule has 0 amide bonds. The molecular formula is C12H11BrO3. The van der Waals surface area contributed by atoms with Gasteiger partial charge in [0.1, 0.15) is 0 Å². The zero-order chi connectivity index (χ0) is 12.0. The molecule has 1 aromatic rings. The van der Waals surface area contributed by atoms with Crippen LogP contribution in [0.25, 0.3) is 0 Å². The van der Waals surface area contributed by atoms with Crippen molar-refractivity contribution in [2.45, 2.75) is 13.5 Å². The molecule has 0 radical (unpaired) electrons. The molecule has 0 saturated heterocycles. The number of carbonyl (C=O) groups excluding carboxylic acids is 1. The summed E-state index contributed by atoms with van der Waals surface area (Å²) in [5.74, 6) is 4.49. The molecule has 1 N–H and O–H groups in total. The van der Waals surface area contributed by atoms with Crippen LogP contribution < -0.4 is 0 Å². The van der Waals surface area contributed by atoms with Crippen molar-refractivity contribution < 1.29 is 14.6 Å². The first-order valence-electron chi connectivity index (χ1n) is 4.75. The molecule has 4 heteroatoms. The van der Waals surface area contributed by atoms with Gasteiger partial charge in [0.15, 0.2) is 0 Å². The lowest BCUT2D eigenvalue weighted by Crippen LogP contribution is -1.99. The summed E-state index contributed by atoms with van der Waals surface area (Å²) in [5.41, 5.74) is 1.40. The van der Waals surface area contributed by atoms with Gasteiger partial charge in [-0.3, -0.25) is 0 Å². The Bertz CT molecular complexity index is 443. The molecule has 0 saturated carbocycles. The van der Waals surface area contributed by atoms with Crippen molar-refractivity contribution in [3.05, 3.63) is 33.8 Å². The summed E-state index contributed by atoms with van der Waals surface area (Å²) in [6.45, 7) is 1.97. The van der Waals surface area contributed by atoms with Gasteiger partial charge in [-0.25, -0.2) is 4.79 Å². The smallest absolute Gasteiger partial charge is 0.384 e. The summed E-state index contributed by atoms with van der Waals surface area (Å²) < 4.78 is 5.49. The van der Waals surface area contributed by atoms with Gasteiger partial charge in [0.25, 0.3) is 0 Å². The third kappa shape index (κ3) is 3.69. The Labute approximate surface area is 103 Å². The second-order valence-electron chi connectivity index (χ2n) is 2.93. The van der Waals surface area contributed by atoms with E-state index in [9.17, 15) is 4.79 Å². The van der Waals surface area contributed by atoms with Gasteiger partial charge < -0.3 is 9.84 Å². The van der Waals surface area contributed by atoms with Crippen LogP contribution in [0.1, 0.15) is 18.1 Å². The highest BCUT2D eigenvalue weighted by atomic mass is 79.9. The Morgan fingerprint density at radius 1 is 1.56 bits per heavy atom. The zero-order valence-corrected chi connectivity index (χ0v) is 10.4. The highest BCUT2D eigenvalue weighted by Crippen LogP contribution is 2.17. The number of benzene rings is 1.